The molecule has 0 spiro atoms. The van der Waals surface area contributed by atoms with Gasteiger partial charge in [0.25, 0.3) is 0 Å². The predicted molar refractivity (Wildman–Crippen MR) is 101 cm³/mol. The molecule has 6 heteroatoms. The minimum atomic E-state index is -0.842. The van der Waals surface area contributed by atoms with E-state index in [-0.39, 0.29) is 30.5 Å². The maximum atomic E-state index is 13.8. The van der Waals surface area contributed by atoms with E-state index >= 15 is 0 Å². The summed E-state index contributed by atoms with van der Waals surface area (Å²) in [4.78, 5) is 26.8. The second-order valence-electron chi connectivity index (χ2n) is 7.19. The number of hydrogen-bond donors (Lipinski definition) is 1. The topological polar surface area (TPSA) is 49.4 Å². The van der Waals surface area contributed by atoms with E-state index in [1.807, 2.05) is 25.1 Å². The van der Waals surface area contributed by atoms with Gasteiger partial charge in [-0.1, -0.05) is 32.0 Å². The first-order valence-corrected chi connectivity index (χ1v) is 8.93. The highest BCUT2D eigenvalue weighted by molar-refractivity contribution is 6.04. The molecule has 1 unspecified atom stereocenters. The fraction of sp³-hybridized carbons (Fsp3) is 0.333. The molecule has 0 saturated carbocycles. The minimum Gasteiger partial charge on any atom is -0.323 e. The van der Waals surface area contributed by atoms with Gasteiger partial charge in [0.1, 0.15) is 11.6 Å². The maximum Gasteiger partial charge on any atom is 0.229 e. The Labute approximate surface area is 157 Å². The van der Waals surface area contributed by atoms with E-state index in [4.69, 9.17) is 0 Å². The van der Waals surface area contributed by atoms with Crippen LogP contribution < -0.4 is 10.2 Å². The predicted octanol–water partition coefficient (Wildman–Crippen LogP) is 4.39. The van der Waals surface area contributed by atoms with E-state index in [2.05, 4.69) is 19.2 Å². The largest absolute Gasteiger partial charge is 0.323 e. The molecule has 0 aliphatic carbocycles. The van der Waals surface area contributed by atoms with Crippen LogP contribution in [-0.2, 0) is 9.59 Å². The molecule has 142 valence electrons. The maximum absolute atomic E-state index is 13.8. The van der Waals surface area contributed by atoms with Gasteiger partial charge in [0.05, 0.1) is 11.6 Å². The molecule has 0 radical (unpaired) electrons. The summed E-state index contributed by atoms with van der Waals surface area (Å²) < 4.78 is 26.8. The normalized spacial score (nSPS) is 16.9. The van der Waals surface area contributed by atoms with Gasteiger partial charge in [-0.3, -0.25) is 9.59 Å². The van der Waals surface area contributed by atoms with Crippen molar-refractivity contribution in [1.82, 2.24) is 0 Å². The van der Waals surface area contributed by atoms with Gasteiger partial charge >= 0.3 is 0 Å². The van der Waals surface area contributed by atoms with Crippen LogP contribution in [0.3, 0.4) is 0 Å². The summed E-state index contributed by atoms with van der Waals surface area (Å²) in [6.07, 6.45) is 0.0561. The molecule has 0 bridgehead atoms. The number of benzene rings is 2. The molecule has 2 aromatic carbocycles. The zero-order valence-electron chi connectivity index (χ0n) is 15.6. The lowest BCUT2D eigenvalue weighted by Gasteiger charge is -2.24. The first-order valence-electron chi connectivity index (χ1n) is 8.93. The fourth-order valence-electron chi connectivity index (χ4n) is 3.44. The summed E-state index contributed by atoms with van der Waals surface area (Å²) >= 11 is 0. The second-order valence-corrected chi connectivity index (χ2v) is 7.19. The van der Waals surface area contributed by atoms with Crippen molar-refractivity contribution < 1.29 is 18.4 Å². The minimum absolute atomic E-state index is 0.0561. The lowest BCUT2D eigenvalue weighted by molar-refractivity contribution is -0.122. The molecule has 0 aromatic heterocycles. The number of anilines is 2. The van der Waals surface area contributed by atoms with E-state index in [1.165, 1.54) is 6.07 Å². The number of aryl methyl sites for hydroxylation is 1. The van der Waals surface area contributed by atoms with Gasteiger partial charge in [-0.05, 0) is 36.1 Å². The highest BCUT2D eigenvalue weighted by Gasteiger charge is 2.37. The Morgan fingerprint density at radius 1 is 1.22 bits per heavy atom. The Kier molecular flexibility index (Phi) is 5.26. The number of amides is 2. The van der Waals surface area contributed by atoms with Crippen molar-refractivity contribution >= 4 is 23.2 Å². The number of para-hydroxylation sites is 1. The zero-order chi connectivity index (χ0) is 19.7. The van der Waals surface area contributed by atoms with Gasteiger partial charge in [0.15, 0.2) is 0 Å². The number of hydrogen-bond acceptors (Lipinski definition) is 2. The summed E-state index contributed by atoms with van der Waals surface area (Å²) in [5, 5.41) is 2.46. The summed E-state index contributed by atoms with van der Waals surface area (Å²) in [6.45, 7) is 6.29. The zero-order valence-corrected chi connectivity index (χ0v) is 15.6. The third-order valence-electron chi connectivity index (χ3n) is 4.85. The Hall–Kier alpha value is -2.76. The lowest BCUT2D eigenvalue weighted by atomic mass is 9.97. The Bertz CT molecular complexity index is 896. The van der Waals surface area contributed by atoms with Crippen molar-refractivity contribution in [2.24, 2.45) is 5.92 Å². The molecule has 1 aliphatic rings. The first kappa shape index (κ1) is 19.0. The van der Waals surface area contributed by atoms with Gasteiger partial charge in [-0.25, -0.2) is 8.78 Å². The smallest absolute Gasteiger partial charge is 0.229 e. The third kappa shape index (κ3) is 3.84. The van der Waals surface area contributed by atoms with E-state index in [0.717, 1.165) is 22.9 Å². The van der Waals surface area contributed by atoms with Crippen molar-refractivity contribution in [2.45, 2.75) is 33.1 Å². The van der Waals surface area contributed by atoms with Crippen LogP contribution in [0.5, 0.6) is 0 Å². The molecule has 1 saturated heterocycles. The van der Waals surface area contributed by atoms with Gasteiger partial charge in [-0.15, -0.1) is 0 Å². The third-order valence-corrected chi connectivity index (χ3v) is 4.85. The quantitative estimate of drug-likeness (QED) is 0.865. The molecule has 1 atom stereocenters. The molecule has 1 heterocycles. The van der Waals surface area contributed by atoms with Gasteiger partial charge in [0.2, 0.25) is 11.8 Å². The van der Waals surface area contributed by atoms with Crippen molar-refractivity contribution in [2.75, 3.05) is 16.8 Å². The van der Waals surface area contributed by atoms with Crippen molar-refractivity contribution in [3.05, 3.63) is 59.2 Å². The van der Waals surface area contributed by atoms with Crippen LogP contribution in [0.2, 0.25) is 0 Å². The number of nitrogens with zero attached hydrogens (tertiary/aromatic N) is 1. The fourth-order valence-corrected chi connectivity index (χ4v) is 3.44. The van der Waals surface area contributed by atoms with Crippen LogP contribution in [0.1, 0.15) is 37.3 Å². The number of halogens is 2. The molecule has 2 amide bonds. The SMILES string of the molecule is Cc1cccc(C(C)C)c1N1CC(C(=O)Nc2ccc(F)cc2F)CC1=O. The van der Waals surface area contributed by atoms with E-state index < -0.39 is 23.5 Å². The Morgan fingerprint density at radius 3 is 2.63 bits per heavy atom. The molecule has 1 N–H and O–H groups in total. The number of rotatable bonds is 4. The summed E-state index contributed by atoms with van der Waals surface area (Å²) in [6, 6.07) is 8.85. The number of carbonyl (C=O) groups excluding carboxylic acids is 2. The van der Waals surface area contributed by atoms with Crippen molar-refractivity contribution in [3.8, 4) is 0 Å². The molecule has 4 nitrogen and oxygen atoms in total. The highest BCUT2D eigenvalue weighted by atomic mass is 19.1. The van der Waals surface area contributed by atoms with Crippen molar-refractivity contribution in [1.29, 1.82) is 0 Å². The van der Waals surface area contributed by atoms with Crippen LogP contribution >= 0.6 is 0 Å². The molecule has 1 fully saturated rings. The molecular formula is C21H22F2N2O2. The number of nitrogens with one attached hydrogen (secondary N) is 1. The molecule has 1 aliphatic heterocycles. The van der Waals surface area contributed by atoms with Crippen LogP contribution in [0.15, 0.2) is 36.4 Å². The van der Waals surface area contributed by atoms with Crippen LogP contribution in [0, 0.1) is 24.5 Å². The van der Waals surface area contributed by atoms with Crippen LogP contribution in [0.4, 0.5) is 20.2 Å². The molecule has 27 heavy (non-hydrogen) atoms. The summed E-state index contributed by atoms with van der Waals surface area (Å²) in [5.41, 5.74) is 2.78. The average molecular weight is 372 g/mol. The molecule has 3 rings (SSSR count). The van der Waals surface area contributed by atoms with Gasteiger partial charge < -0.3 is 10.2 Å². The van der Waals surface area contributed by atoms with E-state index in [1.54, 1.807) is 4.90 Å². The monoisotopic (exact) mass is 372 g/mol. The standard InChI is InChI=1S/C21H22F2N2O2/c1-12(2)16-6-4-5-13(3)20(16)25-11-14(9-19(25)26)21(27)24-18-8-7-15(22)10-17(18)23/h4-8,10,12,14H,9,11H2,1-3H3,(H,24,27). The lowest BCUT2D eigenvalue weighted by Crippen LogP contribution is -2.29. The first-order chi connectivity index (χ1) is 12.8. The van der Waals surface area contributed by atoms with E-state index in [9.17, 15) is 18.4 Å². The second kappa shape index (κ2) is 7.47. The summed E-state index contributed by atoms with van der Waals surface area (Å²) in [5.74, 6) is -2.50. The Balaban J connectivity index is 1.81. The van der Waals surface area contributed by atoms with Gasteiger partial charge in [-0.2, -0.15) is 0 Å². The molecular weight excluding hydrogens is 350 g/mol. The highest BCUT2D eigenvalue weighted by Crippen LogP contribution is 2.35. The van der Waals surface area contributed by atoms with Crippen LogP contribution in [-0.4, -0.2) is 18.4 Å². The summed E-state index contributed by atoms with van der Waals surface area (Å²) in [7, 11) is 0. The average Bonchev–Trinajstić information content (AvgIpc) is 2.98. The van der Waals surface area contributed by atoms with Crippen molar-refractivity contribution in [3.63, 3.8) is 0 Å². The van der Waals surface area contributed by atoms with E-state index in [0.29, 0.717) is 6.07 Å². The van der Waals surface area contributed by atoms with Gasteiger partial charge in [0, 0.05) is 24.7 Å². The molecule has 2 aromatic rings. The Morgan fingerprint density at radius 2 is 1.96 bits per heavy atom. The number of carbonyl (C=O) groups is 2. The van der Waals surface area contributed by atoms with Crippen LogP contribution in [0.25, 0.3) is 0 Å².